The van der Waals surface area contributed by atoms with Crippen LogP contribution in [0.15, 0.2) is 24.3 Å². The van der Waals surface area contributed by atoms with Crippen LogP contribution in [-0.2, 0) is 46.8 Å². The predicted octanol–water partition coefficient (Wildman–Crippen LogP) is 3.84. The summed E-state index contributed by atoms with van der Waals surface area (Å²) in [6.45, 7) is 5.03. The van der Waals surface area contributed by atoms with Crippen molar-refractivity contribution in [2.24, 2.45) is 5.92 Å². The Morgan fingerprint density at radius 1 is 1.08 bits per heavy atom. The van der Waals surface area contributed by atoms with Crippen molar-refractivity contribution < 1.29 is 46.3 Å². The Labute approximate surface area is 313 Å². The number of carbonyl (C=O) groups excluding carboxylic acids is 5. The molecule has 0 bridgehead atoms. The zero-order valence-corrected chi connectivity index (χ0v) is 31.7. The number of nitrogens with zero attached hydrogens (tertiary/aromatic N) is 2. The Bertz CT molecular complexity index is 1800. The molecule has 53 heavy (non-hydrogen) atoms. The van der Waals surface area contributed by atoms with Crippen LogP contribution in [0, 0.1) is 11.7 Å². The van der Waals surface area contributed by atoms with Crippen LogP contribution in [0.4, 0.5) is 14.0 Å². The van der Waals surface area contributed by atoms with Gasteiger partial charge in [0.15, 0.2) is 0 Å². The van der Waals surface area contributed by atoms with Gasteiger partial charge in [0.05, 0.1) is 18.3 Å². The molecule has 14 nitrogen and oxygen atoms in total. The molecule has 1 aromatic rings. The van der Waals surface area contributed by atoms with E-state index in [1.54, 1.807) is 20.8 Å². The van der Waals surface area contributed by atoms with E-state index in [0.717, 1.165) is 6.42 Å². The molecule has 0 unspecified atom stereocenters. The number of benzene rings is 1. The molecule has 5 atom stereocenters. The highest BCUT2D eigenvalue weighted by molar-refractivity contribution is 7.91. The minimum atomic E-state index is -3.93. The van der Waals surface area contributed by atoms with Crippen LogP contribution in [0.25, 0.3) is 0 Å². The van der Waals surface area contributed by atoms with Crippen LogP contribution >= 0.6 is 11.6 Å². The first-order valence-corrected chi connectivity index (χ1v) is 20.2. The van der Waals surface area contributed by atoms with Crippen LogP contribution in [0.3, 0.4) is 0 Å². The molecule has 2 saturated carbocycles. The van der Waals surface area contributed by atoms with E-state index >= 15 is 0 Å². The van der Waals surface area contributed by atoms with Crippen molar-refractivity contribution in [3.8, 4) is 0 Å². The SMILES string of the molecule is CC(C)(C)OC(=O)N[C@H]1CCCCC/C=C\[C@@H]2C[C@@]2(C(=O)NS(=O)(=O)C2CC2)NC(=O)[C@@H]2C[C@@H](OC(=O)N3CCc4c(F)ccc(Cl)c4C3)CN2C1=O. The summed E-state index contributed by atoms with van der Waals surface area (Å²) >= 11 is 6.33. The number of allylic oxidation sites excluding steroid dienone is 1. The first-order valence-electron chi connectivity index (χ1n) is 18.2. The first-order chi connectivity index (χ1) is 25.0. The number of hydrogen-bond donors (Lipinski definition) is 3. The summed E-state index contributed by atoms with van der Waals surface area (Å²) in [6.07, 6.45) is 5.25. The highest BCUT2D eigenvalue weighted by Gasteiger charge is 2.62. The van der Waals surface area contributed by atoms with E-state index < -0.39 is 86.2 Å². The number of hydrogen-bond acceptors (Lipinski definition) is 9. The molecule has 3 aliphatic heterocycles. The lowest BCUT2D eigenvalue weighted by Crippen LogP contribution is -2.58. The summed E-state index contributed by atoms with van der Waals surface area (Å²) in [5.41, 5.74) is -1.51. The van der Waals surface area contributed by atoms with Crippen LogP contribution in [-0.4, -0.2) is 95.8 Å². The molecule has 3 heterocycles. The summed E-state index contributed by atoms with van der Waals surface area (Å²) in [5.74, 6) is -3.07. The van der Waals surface area contributed by atoms with Gasteiger partial charge in [-0.1, -0.05) is 36.6 Å². The zero-order chi connectivity index (χ0) is 38.3. The average molecular weight is 780 g/mol. The van der Waals surface area contributed by atoms with Crippen molar-refractivity contribution in [1.29, 1.82) is 0 Å². The fourth-order valence-corrected chi connectivity index (χ4v) is 8.86. The van der Waals surface area contributed by atoms with Gasteiger partial charge in [0.2, 0.25) is 21.8 Å². The number of ether oxygens (including phenoxy) is 2. The van der Waals surface area contributed by atoms with Gasteiger partial charge in [0.1, 0.15) is 35.1 Å². The van der Waals surface area contributed by atoms with E-state index in [4.69, 9.17) is 21.1 Å². The molecule has 1 saturated heterocycles. The third kappa shape index (κ3) is 8.90. The van der Waals surface area contributed by atoms with Gasteiger partial charge < -0.3 is 29.9 Å². The summed E-state index contributed by atoms with van der Waals surface area (Å²) in [5, 5.41) is 5.10. The summed E-state index contributed by atoms with van der Waals surface area (Å²) in [7, 11) is -3.93. The van der Waals surface area contributed by atoms with Crippen molar-refractivity contribution in [1.82, 2.24) is 25.2 Å². The van der Waals surface area contributed by atoms with Crippen molar-refractivity contribution in [2.45, 2.75) is 126 Å². The van der Waals surface area contributed by atoms with E-state index in [1.165, 1.54) is 21.9 Å². The van der Waals surface area contributed by atoms with Gasteiger partial charge in [-0.05, 0) is 89.0 Å². The van der Waals surface area contributed by atoms with E-state index in [0.29, 0.717) is 48.3 Å². The van der Waals surface area contributed by atoms with Crippen molar-refractivity contribution >= 4 is 51.5 Å². The smallest absolute Gasteiger partial charge is 0.410 e. The van der Waals surface area contributed by atoms with E-state index in [2.05, 4.69) is 15.4 Å². The van der Waals surface area contributed by atoms with Gasteiger partial charge in [0.25, 0.3) is 5.91 Å². The second kappa shape index (κ2) is 15.1. The molecular formula is C36H47ClFN5O9S. The molecule has 0 aromatic heterocycles. The van der Waals surface area contributed by atoms with Gasteiger partial charge in [0, 0.05) is 23.9 Å². The monoisotopic (exact) mass is 779 g/mol. The number of carbonyl (C=O) groups is 5. The maximum Gasteiger partial charge on any atom is 0.410 e. The number of halogens is 2. The molecule has 3 N–H and O–H groups in total. The maximum atomic E-state index is 14.4. The Morgan fingerprint density at radius 2 is 1.83 bits per heavy atom. The second-order valence-corrected chi connectivity index (χ2v) is 18.0. The van der Waals surface area contributed by atoms with E-state index in [-0.39, 0.29) is 45.3 Å². The summed E-state index contributed by atoms with van der Waals surface area (Å²) in [4.78, 5) is 71.2. The quantitative estimate of drug-likeness (QED) is 0.375. The minimum Gasteiger partial charge on any atom is -0.444 e. The van der Waals surface area contributed by atoms with Gasteiger partial charge in [-0.25, -0.2) is 22.4 Å². The molecule has 1 aromatic carbocycles. The van der Waals surface area contributed by atoms with Gasteiger partial charge in [-0.3, -0.25) is 19.1 Å². The summed E-state index contributed by atoms with van der Waals surface area (Å²) in [6, 6.07) is 0.379. The Hall–Kier alpha value is -3.92. The highest BCUT2D eigenvalue weighted by atomic mass is 35.5. The lowest BCUT2D eigenvalue weighted by molar-refractivity contribution is -0.141. The zero-order valence-electron chi connectivity index (χ0n) is 30.1. The lowest BCUT2D eigenvalue weighted by Gasteiger charge is -2.30. The maximum absolute atomic E-state index is 14.4. The average Bonchev–Trinajstić information content (AvgIpc) is 4.01. The normalized spacial score (nSPS) is 28.5. The van der Waals surface area contributed by atoms with Crippen LogP contribution in [0.1, 0.15) is 89.7 Å². The Morgan fingerprint density at radius 3 is 2.55 bits per heavy atom. The Kier molecular flexibility index (Phi) is 11.0. The molecule has 0 radical (unpaired) electrons. The van der Waals surface area contributed by atoms with Crippen molar-refractivity contribution in [3.63, 3.8) is 0 Å². The number of nitrogens with one attached hydrogen (secondary N) is 3. The number of sulfonamides is 1. The molecule has 5 aliphatic rings. The molecule has 5 amide bonds. The molecule has 2 aliphatic carbocycles. The highest BCUT2D eigenvalue weighted by Crippen LogP contribution is 2.46. The molecular weight excluding hydrogens is 733 g/mol. The largest absolute Gasteiger partial charge is 0.444 e. The van der Waals surface area contributed by atoms with E-state index in [1.807, 2.05) is 12.2 Å². The minimum absolute atomic E-state index is 0.00221. The molecule has 290 valence electrons. The molecule has 6 rings (SSSR count). The van der Waals surface area contributed by atoms with Crippen molar-refractivity contribution in [3.05, 3.63) is 46.3 Å². The third-order valence-corrected chi connectivity index (χ3v) is 12.5. The predicted molar refractivity (Wildman–Crippen MR) is 190 cm³/mol. The van der Waals surface area contributed by atoms with E-state index in [9.17, 15) is 36.8 Å². The third-order valence-electron chi connectivity index (χ3n) is 10.4. The lowest BCUT2D eigenvalue weighted by atomic mass is 9.99. The Balaban J connectivity index is 1.25. The van der Waals surface area contributed by atoms with Crippen LogP contribution in [0.2, 0.25) is 5.02 Å². The topological polar surface area (TPSA) is 181 Å². The first kappa shape index (κ1) is 38.8. The molecule has 3 fully saturated rings. The number of fused-ring (bicyclic) bond motifs is 3. The fourth-order valence-electron chi connectivity index (χ4n) is 7.26. The van der Waals surface area contributed by atoms with Gasteiger partial charge in [-0.15, -0.1) is 0 Å². The fraction of sp³-hybridized carbons (Fsp3) is 0.639. The molecule has 0 spiro atoms. The van der Waals surface area contributed by atoms with Gasteiger partial charge in [-0.2, -0.15) is 0 Å². The number of alkyl carbamates (subject to hydrolysis) is 1. The summed E-state index contributed by atoms with van der Waals surface area (Å²) < 4.78 is 53.4. The standard InChI is InChI=1S/C36H47ClFN5O9S/c1-35(2,3)52-33(47)39-28-10-8-6-4-5-7-9-21-18-36(21,32(46)41-53(49,50)23-11-12-23)40-30(44)29-17-22(19-43(29)31(28)45)51-34(48)42-16-15-24-25(20-42)26(37)13-14-27(24)38/h7,9,13-14,21-23,28-29H,4-6,8,10-12,15-20H2,1-3H3,(H,39,47)(H,40,44)(H,41,46)/b9-7-/t21-,22-,28+,29+,36-/m1/s1. The molecule has 17 heteroatoms. The van der Waals surface area contributed by atoms with Crippen LogP contribution in [0.5, 0.6) is 0 Å². The van der Waals surface area contributed by atoms with Gasteiger partial charge >= 0.3 is 12.2 Å². The number of amides is 5. The van der Waals surface area contributed by atoms with Crippen LogP contribution < -0.4 is 15.4 Å². The second-order valence-electron chi connectivity index (χ2n) is 15.6. The number of rotatable bonds is 5. The van der Waals surface area contributed by atoms with Crippen molar-refractivity contribution in [2.75, 3.05) is 13.1 Å².